The van der Waals surface area contributed by atoms with E-state index in [1.54, 1.807) is 28.8 Å². The van der Waals surface area contributed by atoms with Crippen molar-refractivity contribution in [1.29, 1.82) is 5.26 Å². The molecule has 0 unspecified atom stereocenters. The number of hydrogen-bond acceptors (Lipinski definition) is 3. The largest absolute Gasteiger partial charge is 0.268 e. The molecule has 1 heterocycles. The van der Waals surface area contributed by atoms with E-state index in [2.05, 4.69) is 11.1 Å². The minimum absolute atomic E-state index is 0.114. The Morgan fingerprint density at radius 1 is 0.889 bits per heavy atom. The Labute approximate surface area is 156 Å². The summed E-state index contributed by atoms with van der Waals surface area (Å²) >= 11 is 0. The molecule has 27 heavy (non-hydrogen) atoms. The van der Waals surface area contributed by atoms with Crippen LogP contribution in [0.5, 0.6) is 0 Å². The van der Waals surface area contributed by atoms with Crippen LogP contribution in [0.4, 0.5) is 0 Å². The first-order valence-corrected chi connectivity index (χ1v) is 8.52. The van der Waals surface area contributed by atoms with E-state index in [1.165, 1.54) is 0 Å². The highest BCUT2D eigenvalue weighted by molar-refractivity contribution is 5.80. The van der Waals surface area contributed by atoms with Gasteiger partial charge in [-0.05, 0) is 48.0 Å². The van der Waals surface area contributed by atoms with Crippen molar-refractivity contribution in [3.8, 4) is 11.8 Å². The molecular formula is C23H15N3O. The van der Waals surface area contributed by atoms with Gasteiger partial charge in [-0.1, -0.05) is 48.5 Å². The standard InChI is InChI=1S/C23H15N3O/c24-16-18-8-6-7-17(15-18)13-14-22-25-21-12-5-4-11-20(21)23(27)26(22)19-9-2-1-3-10-19/h1-15H/b14-13+. The van der Waals surface area contributed by atoms with Gasteiger partial charge in [0.05, 0.1) is 28.2 Å². The van der Waals surface area contributed by atoms with Crippen molar-refractivity contribution in [2.45, 2.75) is 0 Å². The molecule has 3 aromatic carbocycles. The third-order valence-corrected chi connectivity index (χ3v) is 4.26. The lowest BCUT2D eigenvalue weighted by atomic mass is 10.1. The second kappa shape index (κ2) is 7.11. The van der Waals surface area contributed by atoms with E-state index in [0.29, 0.717) is 22.3 Å². The molecule has 128 valence electrons. The van der Waals surface area contributed by atoms with E-state index in [1.807, 2.05) is 66.7 Å². The Balaban J connectivity index is 1.92. The predicted molar refractivity (Wildman–Crippen MR) is 107 cm³/mol. The van der Waals surface area contributed by atoms with Gasteiger partial charge in [0.2, 0.25) is 0 Å². The molecule has 0 spiro atoms. The summed E-state index contributed by atoms with van der Waals surface area (Å²) in [5, 5.41) is 9.64. The molecule has 0 fully saturated rings. The molecule has 0 atom stereocenters. The third-order valence-electron chi connectivity index (χ3n) is 4.26. The van der Waals surface area contributed by atoms with E-state index < -0.39 is 0 Å². The summed E-state index contributed by atoms with van der Waals surface area (Å²) in [6, 6.07) is 26.2. The number of fused-ring (bicyclic) bond motifs is 1. The number of hydrogen-bond donors (Lipinski definition) is 0. The number of rotatable bonds is 3. The molecule has 1 aromatic heterocycles. The van der Waals surface area contributed by atoms with Crippen molar-refractivity contribution in [2.75, 3.05) is 0 Å². The first kappa shape index (κ1) is 16.5. The van der Waals surface area contributed by atoms with Gasteiger partial charge in [-0.2, -0.15) is 5.26 Å². The van der Waals surface area contributed by atoms with Crippen LogP contribution in [-0.4, -0.2) is 9.55 Å². The summed E-state index contributed by atoms with van der Waals surface area (Å²) in [7, 11) is 0. The average Bonchev–Trinajstić information content (AvgIpc) is 2.73. The van der Waals surface area contributed by atoms with Crippen LogP contribution in [0.2, 0.25) is 0 Å². The van der Waals surface area contributed by atoms with Gasteiger partial charge in [0.25, 0.3) is 5.56 Å². The maximum atomic E-state index is 13.1. The van der Waals surface area contributed by atoms with Gasteiger partial charge >= 0.3 is 0 Å². The molecule has 0 bridgehead atoms. The fraction of sp³-hybridized carbons (Fsp3) is 0. The van der Waals surface area contributed by atoms with E-state index in [9.17, 15) is 4.79 Å². The Morgan fingerprint density at radius 3 is 2.48 bits per heavy atom. The summed E-state index contributed by atoms with van der Waals surface area (Å²) in [6.45, 7) is 0. The molecule has 0 aliphatic heterocycles. The van der Waals surface area contributed by atoms with Gasteiger partial charge in [-0.3, -0.25) is 9.36 Å². The van der Waals surface area contributed by atoms with E-state index in [0.717, 1.165) is 11.3 Å². The fourth-order valence-corrected chi connectivity index (χ4v) is 2.97. The number of benzene rings is 3. The van der Waals surface area contributed by atoms with Crippen molar-refractivity contribution < 1.29 is 0 Å². The SMILES string of the molecule is N#Cc1cccc(/C=C/c2nc3ccccc3c(=O)n2-c2ccccc2)c1. The predicted octanol–water partition coefficient (Wildman–Crippen LogP) is 4.43. The maximum absolute atomic E-state index is 13.1. The zero-order valence-electron chi connectivity index (χ0n) is 14.4. The van der Waals surface area contributed by atoms with Crippen LogP contribution in [0.3, 0.4) is 0 Å². The molecule has 0 aliphatic carbocycles. The van der Waals surface area contributed by atoms with Crippen molar-refractivity contribution >= 4 is 23.1 Å². The number of nitriles is 1. The van der Waals surface area contributed by atoms with E-state index in [4.69, 9.17) is 5.26 Å². The van der Waals surface area contributed by atoms with Gasteiger partial charge in [-0.15, -0.1) is 0 Å². The van der Waals surface area contributed by atoms with Gasteiger partial charge in [0.1, 0.15) is 5.82 Å². The number of aromatic nitrogens is 2. The zero-order valence-corrected chi connectivity index (χ0v) is 14.4. The lowest BCUT2D eigenvalue weighted by molar-refractivity contribution is 0.944. The van der Waals surface area contributed by atoms with Crippen molar-refractivity contribution in [3.63, 3.8) is 0 Å². The highest BCUT2D eigenvalue weighted by Crippen LogP contribution is 2.15. The molecule has 0 saturated heterocycles. The Morgan fingerprint density at radius 2 is 1.67 bits per heavy atom. The molecule has 0 N–H and O–H groups in total. The third kappa shape index (κ3) is 3.26. The highest BCUT2D eigenvalue weighted by Gasteiger charge is 2.10. The monoisotopic (exact) mass is 349 g/mol. The molecule has 4 rings (SSSR count). The molecule has 0 amide bonds. The van der Waals surface area contributed by atoms with Crippen LogP contribution in [0.15, 0.2) is 83.7 Å². The van der Waals surface area contributed by atoms with Gasteiger partial charge < -0.3 is 0 Å². The van der Waals surface area contributed by atoms with Crippen LogP contribution in [-0.2, 0) is 0 Å². The summed E-state index contributed by atoms with van der Waals surface area (Å²) in [5.41, 5.74) is 2.75. The average molecular weight is 349 g/mol. The van der Waals surface area contributed by atoms with Gasteiger partial charge in [0, 0.05) is 0 Å². The highest BCUT2D eigenvalue weighted by atomic mass is 16.1. The zero-order chi connectivity index (χ0) is 18.6. The topological polar surface area (TPSA) is 58.7 Å². The minimum Gasteiger partial charge on any atom is -0.268 e. The molecule has 0 radical (unpaired) electrons. The van der Waals surface area contributed by atoms with Crippen molar-refractivity contribution in [1.82, 2.24) is 9.55 Å². The quantitative estimate of drug-likeness (QED) is 0.550. The fourth-order valence-electron chi connectivity index (χ4n) is 2.97. The van der Waals surface area contributed by atoms with E-state index >= 15 is 0 Å². The second-order valence-corrected chi connectivity index (χ2v) is 6.03. The van der Waals surface area contributed by atoms with Crippen LogP contribution in [0.1, 0.15) is 17.0 Å². The first-order valence-electron chi connectivity index (χ1n) is 8.52. The Hall–Kier alpha value is -3.97. The number of para-hydroxylation sites is 2. The Kier molecular flexibility index (Phi) is 4.34. The van der Waals surface area contributed by atoms with Gasteiger partial charge in [0.15, 0.2) is 0 Å². The molecule has 0 aliphatic rings. The van der Waals surface area contributed by atoms with Crippen LogP contribution in [0, 0.1) is 11.3 Å². The molecule has 4 aromatic rings. The van der Waals surface area contributed by atoms with Crippen molar-refractivity contribution in [3.05, 3.63) is 106 Å². The molecule has 4 nitrogen and oxygen atoms in total. The summed E-state index contributed by atoms with van der Waals surface area (Å²) < 4.78 is 1.60. The minimum atomic E-state index is -0.114. The molecule has 0 saturated carbocycles. The second-order valence-electron chi connectivity index (χ2n) is 6.03. The molecular weight excluding hydrogens is 334 g/mol. The normalized spacial score (nSPS) is 10.9. The lowest BCUT2D eigenvalue weighted by Crippen LogP contribution is -2.22. The van der Waals surface area contributed by atoms with Crippen LogP contribution < -0.4 is 5.56 Å². The Bertz CT molecular complexity index is 1250. The summed E-state index contributed by atoms with van der Waals surface area (Å²) in [6.07, 6.45) is 3.66. The summed E-state index contributed by atoms with van der Waals surface area (Å²) in [5.74, 6) is 0.535. The van der Waals surface area contributed by atoms with Crippen LogP contribution in [0.25, 0.3) is 28.7 Å². The first-order chi connectivity index (χ1) is 13.3. The summed E-state index contributed by atoms with van der Waals surface area (Å²) in [4.78, 5) is 17.8. The van der Waals surface area contributed by atoms with Gasteiger partial charge in [-0.25, -0.2) is 4.98 Å². The van der Waals surface area contributed by atoms with Crippen LogP contribution >= 0.6 is 0 Å². The maximum Gasteiger partial charge on any atom is 0.266 e. The number of nitrogens with zero attached hydrogens (tertiary/aromatic N) is 3. The van der Waals surface area contributed by atoms with E-state index in [-0.39, 0.29) is 5.56 Å². The molecule has 4 heteroatoms. The smallest absolute Gasteiger partial charge is 0.266 e. The van der Waals surface area contributed by atoms with Crippen molar-refractivity contribution in [2.24, 2.45) is 0 Å². The lowest BCUT2D eigenvalue weighted by Gasteiger charge is -2.11.